The van der Waals surface area contributed by atoms with Crippen molar-refractivity contribution in [2.24, 2.45) is 5.16 Å². The van der Waals surface area contributed by atoms with Crippen molar-refractivity contribution in [3.05, 3.63) is 23.8 Å². The third-order valence-corrected chi connectivity index (χ3v) is 1.68. The molecule has 2 N–H and O–H groups in total. The fraction of sp³-hybridized carbons (Fsp3) is 0.200. The lowest BCUT2D eigenvalue weighted by atomic mass is 10.1. The number of nitrogens with zero attached hydrogens (tertiary/aromatic N) is 1. The van der Waals surface area contributed by atoms with Gasteiger partial charge in [-0.15, -0.1) is 0 Å². The molecule has 5 heteroatoms. The third kappa shape index (κ3) is 3.30. The van der Waals surface area contributed by atoms with Crippen LogP contribution in [0.2, 0.25) is 0 Å². The maximum Gasteiger partial charge on any atom is 0.331 e. The van der Waals surface area contributed by atoms with Crippen LogP contribution in [0.15, 0.2) is 23.4 Å². The predicted octanol–water partition coefficient (Wildman–Crippen LogP) is 1.19. The molecule has 15 heavy (non-hydrogen) atoms. The fourth-order valence-electron chi connectivity index (χ4n) is 1.01. The van der Waals surface area contributed by atoms with Crippen LogP contribution in [-0.2, 0) is 16.1 Å². The van der Waals surface area contributed by atoms with E-state index in [9.17, 15) is 15.0 Å². The zero-order valence-corrected chi connectivity index (χ0v) is 8.17. The first-order chi connectivity index (χ1) is 7.11. The number of phenols is 2. The number of rotatable bonds is 3. The van der Waals surface area contributed by atoms with Crippen LogP contribution in [0.1, 0.15) is 12.5 Å². The molecule has 0 aliphatic carbocycles. The highest BCUT2D eigenvalue weighted by Gasteiger charge is 2.04. The monoisotopic (exact) mass is 209 g/mol. The molecule has 0 atom stereocenters. The minimum atomic E-state index is -0.521. The Hall–Kier alpha value is -2.04. The molecule has 0 radical (unpaired) electrons. The molecule has 1 aromatic carbocycles. The van der Waals surface area contributed by atoms with E-state index in [1.807, 2.05) is 0 Å². The maximum atomic E-state index is 10.4. The minimum absolute atomic E-state index is 0.0238. The molecule has 80 valence electrons. The van der Waals surface area contributed by atoms with Gasteiger partial charge in [0.2, 0.25) is 0 Å². The van der Waals surface area contributed by atoms with Crippen LogP contribution in [0.4, 0.5) is 0 Å². The van der Waals surface area contributed by atoms with Gasteiger partial charge >= 0.3 is 5.97 Å². The summed E-state index contributed by atoms with van der Waals surface area (Å²) in [4.78, 5) is 14.7. The van der Waals surface area contributed by atoms with Crippen molar-refractivity contribution in [2.75, 3.05) is 0 Å². The van der Waals surface area contributed by atoms with Gasteiger partial charge in [-0.25, -0.2) is 4.79 Å². The SMILES string of the molecule is CC(=O)ON=CCc1c(O)cccc1O. The molecular formula is C10H11NO4. The quantitative estimate of drug-likeness (QED) is 0.445. The second-order valence-corrected chi connectivity index (χ2v) is 2.85. The van der Waals surface area contributed by atoms with Gasteiger partial charge in [0.1, 0.15) is 11.5 Å². The Labute approximate surface area is 86.6 Å². The number of carbonyl (C=O) groups is 1. The van der Waals surface area contributed by atoms with Crippen LogP contribution in [0.5, 0.6) is 11.5 Å². The van der Waals surface area contributed by atoms with Crippen molar-refractivity contribution >= 4 is 12.2 Å². The number of hydrogen-bond acceptors (Lipinski definition) is 5. The van der Waals surface area contributed by atoms with E-state index in [4.69, 9.17) is 0 Å². The van der Waals surface area contributed by atoms with Gasteiger partial charge in [0.05, 0.1) is 0 Å². The first-order valence-electron chi connectivity index (χ1n) is 4.30. The Morgan fingerprint density at radius 3 is 2.60 bits per heavy atom. The molecular weight excluding hydrogens is 198 g/mol. The van der Waals surface area contributed by atoms with Crippen molar-refractivity contribution in [1.82, 2.24) is 0 Å². The van der Waals surface area contributed by atoms with Crippen molar-refractivity contribution in [1.29, 1.82) is 0 Å². The molecule has 0 bridgehead atoms. The summed E-state index contributed by atoms with van der Waals surface area (Å²) in [5.74, 6) is -0.568. The average Bonchev–Trinajstić information content (AvgIpc) is 2.15. The summed E-state index contributed by atoms with van der Waals surface area (Å²) in [7, 11) is 0. The van der Waals surface area contributed by atoms with Crippen LogP contribution in [0.3, 0.4) is 0 Å². The van der Waals surface area contributed by atoms with Gasteiger partial charge in [-0.05, 0) is 12.1 Å². The third-order valence-electron chi connectivity index (χ3n) is 1.68. The molecule has 5 nitrogen and oxygen atoms in total. The van der Waals surface area contributed by atoms with E-state index in [1.54, 1.807) is 0 Å². The summed E-state index contributed by atoms with van der Waals surface area (Å²) in [5, 5.41) is 22.1. The smallest absolute Gasteiger partial charge is 0.331 e. The topological polar surface area (TPSA) is 79.1 Å². The van der Waals surface area contributed by atoms with Gasteiger partial charge < -0.3 is 15.1 Å². The van der Waals surface area contributed by atoms with Crippen molar-refractivity contribution in [3.63, 3.8) is 0 Å². The van der Waals surface area contributed by atoms with Crippen molar-refractivity contribution in [2.45, 2.75) is 13.3 Å². The highest BCUT2D eigenvalue weighted by Crippen LogP contribution is 2.25. The molecule has 0 unspecified atom stereocenters. The molecule has 0 saturated heterocycles. The molecule has 0 amide bonds. The van der Waals surface area contributed by atoms with E-state index in [0.717, 1.165) is 0 Å². The molecule has 0 spiro atoms. The van der Waals surface area contributed by atoms with Gasteiger partial charge in [0, 0.05) is 25.1 Å². The summed E-state index contributed by atoms with van der Waals surface area (Å²) in [6.45, 7) is 1.23. The molecule has 0 saturated carbocycles. The second-order valence-electron chi connectivity index (χ2n) is 2.85. The van der Waals surface area contributed by atoms with E-state index >= 15 is 0 Å². The summed E-state index contributed by atoms with van der Waals surface area (Å²) in [6, 6.07) is 4.43. The summed E-state index contributed by atoms with van der Waals surface area (Å²) in [6.07, 6.45) is 1.47. The van der Waals surface area contributed by atoms with Gasteiger partial charge in [0.25, 0.3) is 0 Å². The summed E-state index contributed by atoms with van der Waals surface area (Å²) < 4.78 is 0. The van der Waals surface area contributed by atoms with E-state index in [0.29, 0.717) is 5.56 Å². The Morgan fingerprint density at radius 2 is 2.07 bits per heavy atom. The van der Waals surface area contributed by atoms with E-state index in [2.05, 4.69) is 9.99 Å². The Morgan fingerprint density at radius 1 is 1.47 bits per heavy atom. The van der Waals surface area contributed by atoms with Crippen LogP contribution >= 0.6 is 0 Å². The van der Waals surface area contributed by atoms with Crippen LogP contribution in [0.25, 0.3) is 0 Å². The molecule has 0 heterocycles. The Balaban J connectivity index is 2.65. The first kappa shape index (κ1) is 11.0. The molecule has 1 aromatic rings. The summed E-state index contributed by atoms with van der Waals surface area (Å²) >= 11 is 0. The first-order valence-corrected chi connectivity index (χ1v) is 4.30. The number of phenolic OH excluding ortho intramolecular Hbond substituents is 2. The van der Waals surface area contributed by atoms with Gasteiger partial charge in [0.15, 0.2) is 0 Å². The fourth-order valence-corrected chi connectivity index (χ4v) is 1.01. The highest BCUT2D eigenvalue weighted by molar-refractivity contribution is 5.69. The van der Waals surface area contributed by atoms with Crippen LogP contribution in [-0.4, -0.2) is 22.4 Å². The lowest BCUT2D eigenvalue weighted by Crippen LogP contribution is -1.93. The standard InChI is InChI=1S/C10H11NO4/c1-7(12)15-11-6-5-8-9(13)3-2-4-10(8)14/h2-4,6,13-14H,5H2,1H3. The number of benzene rings is 1. The van der Waals surface area contributed by atoms with E-state index in [-0.39, 0.29) is 17.9 Å². The lowest BCUT2D eigenvalue weighted by molar-refractivity contribution is -0.140. The zero-order chi connectivity index (χ0) is 11.3. The van der Waals surface area contributed by atoms with Crippen LogP contribution < -0.4 is 0 Å². The number of hydrogen-bond donors (Lipinski definition) is 2. The Kier molecular flexibility index (Phi) is 3.68. The number of carbonyl (C=O) groups excluding carboxylic acids is 1. The molecule has 0 aliphatic heterocycles. The zero-order valence-electron chi connectivity index (χ0n) is 8.17. The normalized spacial score (nSPS) is 10.5. The van der Waals surface area contributed by atoms with E-state index in [1.165, 1.54) is 31.3 Å². The molecule has 0 aromatic heterocycles. The highest BCUT2D eigenvalue weighted by atomic mass is 16.7. The van der Waals surface area contributed by atoms with Crippen LogP contribution in [0, 0.1) is 0 Å². The van der Waals surface area contributed by atoms with Gasteiger partial charge in [-0.3, -0.25) is 0 Å². The van der Waals surface area contributed by atoms with Gasteiger partial charge in [-0.1, -0.05) is 11.2 Å². The number of aromatic hydroxyl groups is 2. The maximum absolute atomic E-state index is 10.4. The second kappa shape index (κ2) is 4.99. The largest absolute Gasteiger partial charge is 0.508 e. The molecule has 0 aliphatic rings. The minimum Gasteiger partial charge on any atom is -0.508 e. The van der Waals surface area contributed by atoms with Crippen molar-refractivity contribution in [3.8, 4) is 11.5 Å². The summed E-state index contributed by atoms with van der Waals surface area (Å²) in [5.41, 5.74) is 0.341. The van der Waals surface area contributed by atoms with Crippen molar-refractivity contribution < 1.29 is 19.8 Å². The van der Waals surface area contributed by atoms with E-state index < -0.39 is 5.97 Å². The van der Waals surface area contributed by atoms with Gasteiger partial charge in [-0.2, -0.15) is 0 Å². The lowest BCUT2D eigenvalue weighted by Gasteiger charge is -2.02. The molecule has 0 fully saturated rings. The molecule has 1 rings (SSSR count). The predicted molar refractivity (Wildman–Crippen MR) is 53.7 cm³/mol. The Bertz CT molecular complexity index is 367. The number of oxime groups is 1. The average molecular weight is 209 g/mol.